The Morgan fingerprint density at radius 2 is 1.71 bits per heavy atom. The second-order valence-electron chi connectivity index (χ2n) is 4.17. The van der Waals surface area contributed by atoms with Crippen molar-refractivity contribution < 1.29 is 9.59 Å². The quantitative estimate of drug-likeness (QED) is 0.736. The zero-order chi connectivity index (χ0) is 12.0. The van der Waals surface area contributed by atoms with Crippen LogP contribution in [0.5, 0.6) is 0 Å². The molecule has 3 heterocycles. The van der Waals surface area contributed by atoms with E-state index in [0.29, 0.717) is 19.0 Å². The predicted molar refractivity (Wildman–Crippen MR) is 62.1 cm³/mol. The minimum atomic E-state index is -0.255. The average molecular weight is 297 g/mol. The van der Waals surface area contributed by atoms with Gasteiger partial charge in [0.2, 0.25) is 17.8 Å². The Morgan fingerprint density at radius 1 is 1.18 bits per heavy atom. The largest absolute Gasteiger partial charge is 0.339 e. The van der Waals surface area contributed by atoms with Gasteiger partial charge in [0.15, 0.2) is 0 Å². The molecule has 2 aliphatic heterocycles. The minimum Gasteiger partial charge on any atom is -0.339 e. The maximum atomic E-state index is 11.5. The SMILES string of the molecule is O=C1NC(=O)C2CN(c3ncc(Br)cn3)CC12. The van der Waals surface area contributed by atoms with E-state index in [1.54, 1.807) is 12.4 Å². The lowest BCUT2D eigenvalue weighted by Crippen LogP contribution is -2.32. The van der Waals surface area contributed by atoms with E-state index in [9.17, 15) is 9.59 Å². The van der Waals surface area contributed by atoms with Gasteiger partial charge in [-0.25, -0.2) is 9.97 Å². The third kappa shape index (κ3) is 1.70. The molecule has 2 fully saturated rings. The summed E-state index contributed by atoms with van der Waals surface area (Å²) in [5.41, 5.74) is 0. The molecule has 3 rings (SSSR count). The van der Waals surface area contributed by atoms with Crippen molar-refractivity contribution in [2.24, 2.45) is 11.8 Å². The standard InChI is InChI=1S/C10H9BrN4O2/c11-5-1-12-10(13-2-5)15-3-6-7(4-15)9(17)14-8(6)16/h1-2,6-7H,3-4H2,(H,14,16,17). The van der Waals surface area contributed by atoms with E-state index >= 15 is 0 Å². The summed E-state index contributed by atoms with van der Waals surface area (Å²) in [5, 5.41) is 2.35. The van der Waals surface area contributed by atoms with Crippen molar-refractivity contribution in [1.82, 2.24) is 15.3 Å². The Hall–Kier alpha value is -1.50. The number of halogens is 1. The Kier molecular flexibility index (Phi) is 2.36. The molecule has 0 spiro atoms. The second kappa shape index (κ2) is 3.76. The predicted octanol–water partition coefficient (Wildman–Crippen LogP) is -0.0521. The molecule has 1 N–H and O–H groups in total. The first-order chi connectivity index (χ1) is 8.15. The summed E-state index contributed by atoms with van der Waals surface area (Å²) in [4.78, 5) is 33.2. The second-order valence-corrected chi connectivity index (χ2v) is 5.09. The van der Waals surface area contributed by atoms with Crippen LogP contribution < -0.4 is 10.2 Å². The molecule has 0 aliphatic carbocycles. The molecule has 2 amide bonds. The van der Waals surface area contributed by atoms with Gasteiger partial charge in [-0.1, -0.05) is 0 Å². The number of fused-ring (bicyclic) bond motifs is 1. The fraction of sp³-hybridized carbons (Fsp3) is 0.400. The normalized spacial score (nSPS) is 27.2. The lowest BCUT2D eigenvalue weighted by Gasteiger charge is -2.16. The van der Waals surface area contributed by atoms with E-state index in [-0.39, 0.29) is 23.7 Å². The lowest BCUT2D eigenvalue weighted by atomic mass is 10.00. The molecule has 6 nitrogen and oxygen atoms in total. The van der Waals surface area contributed by atoms with E-state index in [0.717, 1.165) is 4.47 Å². The molecule has 0 aromatic carbocycles. The fourth-order valence-corrected chi connectivity index (χ4v) is 2.48. The van der Waals surface area contributed by atoms with Crippen LogP contribution in [0.3, 0.4) is 0 Å². The number of amides is 2. The Morgan fingerprint density at radius 3 is 2.24 bits per heavy atom. The van der Waals surface area contributed by atoms with Crippen LogP contribution in [0.1, 0.15) is 0 Å². The van der Waals surface area contributed by atoms with Gasteiger partial charge in [-0.2, -0.15) is 0 Å². The maximum Gasteiger partial charge on any atom is 0.232 e. The molecule has 17 heavy (non-hydrogen) atoms. The average Bonchev–Trinajstić information content (AvgIpc) is 2.83. The molecular formula is C10H9BrN4O2. The van der Waals surface area contributed by atoms with Gasteiger partial charge in [-0.15, -0.1) is 0 Å². The first-order valence-corrected chi connectivity index (χ1v) is 6.01. The third-order valence-corrected chi connectivity index (χ3v) is 3.54. The summed E-state index contributed by atoms with van der Waals surface area (Å²) in [6.07, 6.45) is 3.30. The van der Waals surface area contributed by atoms with E-state index in [1.165, 1.54) is 0 Å². The van der Waals surface area contributed by atoms with E-state index in [1.807, 2.05) is 4.90 Å². The lowest BCUT2D eigenvalue weighted by molar-refractivity contribution is -0.126. The first-order valence-electron chi connectivity index (χ1n) is 5.22. The van der Waals surface area contributed by atoms with Crippen LogP contribution >= 0.6 is 15.9 Å². The van der Waals surface area contributed by atoms with Crippen molar-refractivity contribution in [3.8, 4) is 0 Å². The van der Waals surface area contributed by atoms with Crippen LogP contribution in [0.2, 0.25) is 0 Å². The molecule has 0 radical (unpaired) electrons. The molecule has 1 aromatic rings. The zero-order valence-corrected chi connectivity index (χ0v) is 10.3. The Labute approximate surface area is 106 Å². The number of nitrogens with one attached hydrogen (secondary N) is 1. The minimum absolute atomic E-state index is 0.181. The van der Waals surface area contributed by atoms with Crippen molar-refractivity contribution in [3.05, 3.63) is 16.9 Å². The molecule has 2 atom stereocenters. The molecule has 1 aromatic heterocycles. The van der Waals surface area contributed by atoms with Gasteiger partial charge in [-0.05, 0) is 15.9 Å². The van der Waals surface area contributed by atoms with Crippen molar-refractivity contribution in [2.45, 2.75) is 0 Å². The van der Waals surface area contributed by atoms with Crippen LogP contribution in [0.15, 0.2) is 16.9 Å². The van der Waals surface area contributed by atoms with Crippen LogP contribution in [-0.4, -0.2) is 34.9 Å². The molecule has 0 bridgehead atoms. The van der Waals surface area contributed by atoms with Crippen LogP contribution in [0.4, 0.5) is 5.95 Å². The van der Waals surface area contributed by atoms with Gasteiger partial charge in [0, 0.05) is 25.5 Å². The molecule has 7 heteroatoms. The maximum absolute atomic E-state index is 11.5. The number of hydrogen-bond acceptors (Lipinski definition) is 5. The number of carbonyl (C=O) groups is 2. The molecule has 88 valence electrons. The summed E-state index contributed by atoms with van der Waals surface area (Å²) in [6, 6.07) is 0. The molecular weight excluding hydrogens is 288 g/mol. The van der Waals surface area contributed by atoms with Crippen LogP contribution in [-0.2, 0) is 9.59 Å². The Bertz CT molecular complexity index is 468. The Balaban J connectivity index is 1.83. The monoisotopic (exact) mass is 296 g/mol. The summed E-state index contributed by atoms with van der Waals surface area (Å²) in [5.74, 6) is -0.313. The van der Waals surface area contributed by atoms with E-state index in [2.05, 4.69) is 31.2 Å². The number of anilines is 1. The smallest absolute Gasteiger partial charge is 0.232 e. The molecule has 2 unspecified atom stereocenters. The number of aromatic nitrogens is 2. The van der Waals surface area contributed by atoms with Crippen LogP contribution in [0, 0.1) is 11.8 Å². The van der Waals surface area contributed by atoms with Crippen molar-refractivity contribution in [3.63, 3.8) is 0 Å². The summed E-state index contributed by atoms with van der Waals surface area (Å²) in [7, 11) is 0. The van der Waals surface area contributed by atoms with Crippen molar-refractivity contribution >= 4 is 33.7 Å². The molecule has 0 saturated carbocycles. The van der Waals surface area contributed by atoms with Gasteiger partial charge in [0.05, 0.1) is 16.3 Å². The number of nitrogens with zero attached hydrogens (tertiary/aromatic N) is 3. The van der Waals surface area contributed by atoms with Gasteiger partial charge in [-0.3, -0.25) is 14.9 Å². The molecule has 2 saturated heterocycles. The van der Waals surface area contributed by atoms with Gasteiger partial charge < -0.3 is 4.90 Å². The number of hydrogen-bond donors (Lipinski definition) is 1. The van der Waals surface area contributed by atoms with Crippen molar-refractivity contribution in [1.29, 1.82) is 0 Å². The fourth-order valence-electron chi connectivity index (χ4n) is 2.27. The number of imide groups is 1. The number of rotatable bonds is 1. The topological polar surface area (TPSA) is 75.2 Å². The molecule has 2 aliphatic rings. The highest BCUT2D eigenvalue weighted by atomic mass is 79.9. The zero-order valence-electron chi connectivity index (χ0n) is 8.76. The van der Waals surface area contributed by atoms with E-state index in [4.69, 9.17) is 0 Å². The first kappa shape index (κ1) is 10.6. The van der Waals surface area contributed by atoms with E-state index < -0.39 is 0 Å². The van der Waals surface area contributed by atoms with Gasteiger partial charge in [0.1, 0.15) is 0 Å². The third-order valence-electron chi connectivity index (χ3n) is 3.13. The summed E-state index contributed by atoms with van der Waals surface area (Å²) in [6.45, 7) is 1.01. The van der Waals surface area contributed by atoms with Crippen molar-refractivity contribution in [2.75, 3.05) is 18.0 Å². The highest BCUT2D eigenvalue weighted by Gasteiger charge is 2.48. The summed E-state index contributed by atoms with van der Waals surface area (Å²) < 4.78 is 0.800. The number of carbonyl (C=O) groups excluding carboxylic acids is 2. The highest BCUT2D eigenvalue weighted by molar-refractivity contribution is 9.10. The highest BCUT2D eigenvalue weighted by Crippen LogP contribution is 2.30. The van der Waals surface area contributed by atoms with Gasteiger partial charge >= 0.3 is 0 Å². The van der Waals surface area contributed by atoms with Crippen LogP contribution in [0.25, 0.3) is 0 Å². The van der Waals surface area contributed by atoms with Gasteiger partial charge in [0.25, 0.3) is 0 Å². The summed E-state index contributed by atoms with van der Waals surface area (Å²) >= 11 is 3.26.